The van der Waals surface area contributed by atoms with Gasteiger partial charge in [0.1, 0.15) is 0 Å². The highest BCUT2D eigenvalue weighted by Gasteiger charge is 2.18. The van der Waals surface area contributed by atoms with Gasteiger partial charge in [0.25, 0.3) is 0 Å². The van der Waals surface area contributed by atoms with Gasteiger partial charge in [0, 0.05) is 49.8 Å². The molecule has 1 aliphatic rings. The molecular formula is C21H33N5. The third-order valence-electron chi connectivity index (χ3n) is 5.61. The van der Waals surface area contributed by atoms with E-state index >= 15 is 0 Å². The number of likely N-dealkylation sites (N-methyl/N-ethyl adjacent to an activating group) is 1. The van der Waals surface area contributed by atoms with Crippen molar-refractivity contribution in [2.24, 2.45) is 4.99 Å². The lowest BCUT2D eigenvalue weighted by Crippen LogP contribution is -2.43. The fourth-order valence-electron chi connectivity index (χ4n) is 4.06. The summed E-state index contributed by atoms with van der Waals surface area (Å²) < 4.78 is 0. The maximum absolute atomic E-state index is 4.35. The molecule has 1 aromatic carbocycles. The van der Waals surface area contributed by atoms with E-state index in [1.807, 2.05) is 7.05 Å². The minimum absolute atomic E-state index is 0.775. The van der Waals surface area contributed by atoms with Crippen molar-refractivity contribution in [3.8, 4) is 0 Å². The van der Waals surface area contributed by atoms with Crippen molar-refractivity contribution in [2.45, 2.75) is 45.1 Å². The first kappa shape index (κ1) is 18.8. The zero-order chi connectivity index (χ0) is 18.4. The van der Waals surface area contributed by atoms with Crippen LogP contribution in [0.4, 0.5) is 0 Å². The van der Waals surface area contributed by atoms with Crippen molar-refractivity contribution in [1.29, 1.82) is 0 Å². The molecule has 0 unspecified atom stereocenters. The van der Waals surface area contributed by atoms with E-state index in [2.05, 4.69) is 63.9 Å². The Hall–Kier alpha value is -2.01. The smallest absolute Gasteiger partial charge is 0.191 e. The SMILES string of the molecule is CN=C(NCCc1c[nH]c2cccc(C)c12)NCCN(C)C1CCCC1. The lowest BCUT2D eigenvalue weighted by molar-refractivity contribution is 0.249. The van der Waals surface area contributed by atoms with Crippen molar-refractivity contribution in [3.05, 3.63) is 35.5 Å². The van der Waals surface area contributed by atoms with Crippen LogP contribution in [0, 0.1) is 6.92 Å². The molecule has 0 spiro atoms. The van der Waals surface area contributed by atoms with E-state index in [1.54, 1.807) is 0 Å². The Morgan fingerprint density at radius 3 is 2.77 bits per heavy atom. The Bertz CT molecular complexity index is 727. The zero-order valence-corrected chi connectivity index (χ0v) is 16.4. The van der Waals surface area contributed by atoms with Crippen LogP contribution >= 0.6 is 0 Å². The van der Waals surface area contributed by atoms with E-state index in [-0.39, 0.29) is 0 Å². The van der Waals surface area contributed by atoms with Gasteiger partial charge in [-0.15, -0.1) is 0 Å². The quantitative estimate of drug-likeness (QED) is 0.528. The summed E-state index contributed by atoms with van der Waals surface area (Å²) in [4.78, 5) is 10.2. The van der Waals surface area contributed by atoms with E-state index in [1.165, 1.54) is 47.7 Å². The minimum atomic E-state index is 0.775. The molecule has 0 bridgehead atoms. The molecule has 0 atom stereocenters. The van der Waals surface area contributed by atoms with E-state index in [0.29, 0.717) is 0 Å². The highest BCUT2D eigenvalue weighted by atomic mass is 15.2. The Labute approximate surface area is 157 Å². The molecule has 3 N–H and O–H groups in total. The van der Waals surface area contributed by atoms with Gasteiger partial charge < -0.3 is 20.5 Å². The van der Waals surface area contributed by atoms with Crippen molar-refractivity contribution >= 4 is 16.9 Å². The monoisotopic (exact) mass is 355 g/mol. The predicted molar refractivity (Wildman–Crippen MR) is 111 cm³/mol. The second-order valence-corrected chi connectivity index (χ2v) is 7.41. The molecule has 2 aromatic rings. The average Bonchev–Trinajstić information content (AvgIpc) is 3.31. The Morgan fingerprint density at radius 1 is 1.23 bits per heavy atom. The fourth-order valence-corrected chi connectivity index (χ4v) is 4.06. The van der Waals surface area contributed by atoms with Crippen LogP contribution in [-0.2, 0) is 6.42 Å². The number of aryl methyl sites for hydroxylation is 1. The van der Waals surface area contributed by atoms with Gasteiger partial charge in [0.15, 0.2) is 5.96 Å². The molecule has 1 aromatic heterocycles. The van der Waals surface area contributed by atoms with E-state index in [9.17, 15) is 0 Å². The molecule has 5 heteroatoms. The Morgan fingerprint density at radius 2 is 2.00 bits per heavy atom. The number of guanidine groups is 1. The maximum atomic E-state index is 4.35. The molecule has 1 heterocycles. The number of hydrogen-bond donors (Lipinski definition) is 3. The lowest BCUT2D eigenvalue weighted by Gasteiger charge is -2.24. The van der Waals surface area contributed by atoms with Crippen LogP contribution in [0.15, 0.2) is 29.4 Å². The number of rotatable bonds is 7. The highest BCUT2D eigenvalue weighted by Crippen LogP contribution is 2.22. The van der Waals surface area contributed by atoms with Gasteiger partial charge in [-0.25, -0.2) is 0 Å². The second kappa shape index (κ2) is 9.08. The summed E-state index contributed by atoms with van der Waals surface area (Å²) in [5.41, 5.74) is 3.91. The molecule has 0 radical (unpaired) electrons. The van der Waals surface area contributed by atoms with E-state index < -0.39 is 0 Å². The topological polar surface area (TPSA) is 55.5 Å². The molecule has 0 saturated heterocycles. The van der Waals surface area contributed by atoms with E-state index in [0.717, 1.165) is 38.1 Å². The van der Waals surface area contributed by atoms with Crippen molar-refractivity contribution < 1.29 is 0 Å². The van der Waals surface area contributed by atoms with Gasteiger partial charge in [-0.3, -0.25) is 4.99 Å². The predicted octanol–water partition coefficient (Wildman–Crippen LogP) is 3.06. The normalized spacial score (nSPS) is 15.9. The third kappa shape index (κ3) is 4.58. The van der Waals surface area contributed by atoms with Gasteiger partial charge >= 0.3 is 0 Å². The van der Waals surface area contributed by atoms with Gasteiger partial charge in [-0.2, -0.15) is 0 Å². The Balaban J connectivity index is 1.42. The standard InChI is InChI=1S/C21H33N5/c1-16-7-6-10-19-20(16)17(15-25-19)11-12-23-21(22-2)24-13-14-26(3)18-8-4-5-9-18/h6-7,10,15,18,25H,4-5,8-9,11-14H2,1-3H3,(H2,22,23,24). The number of fused-ring (bicyclic) bond motifs is 1. The van der Waals surface area contributed by atoms with Gasteiger partial charge in [0.2, 0.25) is 0 Å². The second-order valence-electron chi connectivity index (χ2n) is 7.41. The van der Waals surface area contributed by atoms with Crippen LogP contribution in [-0.4, -0.2) is 55.6 Å². The Kier molecular flexibility index (Phi) is 6.56. The van der Waals surface area contributed by atoms with Crippen molar-refractivity contribution in [1.82, 2.24) is 20.5 Å². The molecule has 0 amide bonds. The summed E-state index contributed by atoms with van der Waals surface area (Å²) in [5, 5.41) is 8.24. The molecule has 5 nitrogen and oxygen atoms in total. The summed E-state index contributed by atoms with van der Waals surface area (Å²) in [6, 6.07) is 7.19. The van der Waals surface area contributed by atoms with Crippen LogP contribution in [0.1, 0.15) is 36.8 Å². The number of aromatic amines is 1. The third-order valence-corrected chi connectivity index (χ3v) is 5.61. The molecule has 1 aliphatic carbocycles. The van der Waals surface area contributed by atoms with Gasteiger partial charge in [-0.1, -0.05) is 25.0 Å². The average molecular weight is 356 g/mol. The largest absolute Gasteiger partial charge is 0.361 e. The summed E-state index contributed by atoms with van der Waals surface area (Å²) in [5.74, 6) is 0.890. The minimum Gasteiger partial charge on any atom is -0.361 e. The van der Waals surface area contributed by atoms with Crippen LogP contribution < -0.4 is 10.6 Å². The summed E-state index contributed by atoms with van der Waals surface area (Å²) in [7, 11) is 4.08. The van der Waals surface area contributed by atoms with E-state index in [4.69, 9.17) is 0 Å². The molecule has 3 rings (SSSR count). The molecule has 1 saturated carbocycles. The summed E-state index contributed by atoms with van der Waals surface area (Å²) in [6.45, 7) is 5.04. The van der Waals surface area contributed by atoms with Gasteiger partial charge in [0.05, 0.1) is 0 Å². The number of aromatic nitrogens is 1. The first-order valence-electron chi connectivity index (χ1n) is 9.89. The maximum Gasteiger partial charge on any atom is 0.191 e. The van der Waals surface area contributed by atoms with Gasteiger partial charge in [-0.05, 0) is 50.4 Å². The number of hydrogen-bond acceptors (Lipinski definition) is 2. The summed E-state index contributed by atoms with van der Waals surface area (Å²) >= 11 is 0. The number of nitrogens with zero attached hydrogens (tertiary/aromatic N) is 2. The zero-order valence-electron chi connectivity index (χ0n) is 16.4. The van der Waals surface area contributed by atoms with Crippen LogP contribution in [0.25, 0.3) is 10.9 Å². The first-order chi connectivity index (χ1) is 12.7. The molecule has 142 valence electrons. The molecular weight excluding hydrogens is 322 g/mol. The van der Waals surface area contributed by atoms with Crippen LogP contribution in [0.3, 0.4) is 0 Å². The highest BCUT2D eigenvalue weighted by molar-refractivity contribution is 5.86. The fraction of sp³-hybridized carbons (Fsp3) is 0.571. The van der Waals surface area contributed by atoms with Crippen molar-refractivity contribution in [3.63, 3.8) is 0 Å². The van der Waals surface area contributed by atoms with Crippen LogP contribution in [0.2, 0.25) is 0 Å². The first-order valence-corrected chi connectivity index (χ1v) is 9.89. The molecule has 0 aliphatic heterocycles. The van der Waals surface area contributed by atoms with Crippen LogP contribution in [0.5, 0.6) is 0 Å². The lowest BCUT2D eigenvalue weighted by atomic mass is 10.1. The number of nitrogens with one attached hydrogen (secondary N) is 3. The summed E-state index contributed by atoms with van der Waals surface area (Å²) in [6.07, 6.45) is 8.60. The number of H-pyrrole nitrogens is 1. The number of benzene rings is 1. The van der Waals surface area contributed by atoms with Crippen molar-refractivity contribution in [2.75, 3.05) is 33.7 Å². The molecule has 1 fully saturated rings. The molecule has 26 heavy (non-hydrogen) atoms. The number of aliphatic imine (C=N–C) groups is 1.